The van der Waals surface area contributed by atoms with Gasteiger partial charge in [-0.3, -0.25) is 4.79 Å². The monoisotopic (exact) mass is 289 g/mol. The van der Waals surface area contributed by atoms with Crippen LogP contribution in [0.4, 0.5) is 0 Å². The average molecular weight is 289 g/mol. The average Bonchev–Trinajstić information content (AvgIpc) is 3.09. The molecule has 1 aromatic carbocycles. The van der Waals surface area contributed by atoms with E-state index in [9.17, 15) is 4.79 Å². The van der Waals surface area contributed by atoms with Crippen molar-refractivity contribution in [1.82, 2.24) is 5.32 Å². The van der Waals surface area contributed by atoms with Crippen LogP contribution in [0.3, 0.4) is 0 Å². The molecular formula is C17H23NO3. The number of ether oxygens (including phenoxy) is 2. The van der Waals surface area contributed by atoms with Crippen LogP contribution < -0.4 is 5.32 Å². The van der Waals surface area contributed by atoms with E-state index in [4.69, 9.17) is 9.47 Å². The summed E-state index contributed by atoms with van der Waals surface area (Å²) in [5.74, 6) is 0.159. The zero-order chi connectivity index (χ0) is 14.5. The van der Waals surface area contributed by atoms with Gasteiger partial charge in [0.05, 0.1) is 12.5 Å². The molecule has 0 saturated carbocycles. The normalized spacial score (nSPS) is 24.7. The molecule has 4 heteroatoms. The number of amides is 1. The fraction of sp³-hybridized carbons (Fsp3) is 0.588. The number of nitrogens with one attached hydrogen (secondary N) is 1. The molecule has 0 radical (unpaired) electrons. The maximum atomic E-state index is 12.2. The molecule has 3 rings (SSSR count). The van der Waals surface area contributed by atoms with Crippen LogP contribution in [0.25, 0.3) is 0 Å². The Balaban J connectivity index is 1.69. The van der Waals surface area contributed by atoms with Crippen LogP contribution in [0.1, 0.15) is 24.8 Å². The van der Waals surface area contributed by atoms with Gasteiger partial charge < -0.3 is 14.8 Å². The Hall–Kier alpha value is -1.39. The van der Waals surface area contributed by atoms with Crippen molar-refractivity contribution >= 4 is 5.91 Å². The van der Waals surface area contributed by atoms with Crippen LogP contribution in [0.5, 0.6) is 0 Å². The molecule has 1 unspecified atom stereocenters. The van der Waals surface area contributed by atoms with Crippen molar-refractivity contribution in [3.05, 3.63) is 35.9 Å². The lowest BCUT2D eigenvalue weighted by atomic mass is 9.74. The third kappa shape index (κ3) is 3.27. The van der Waals surface area contributed by atoms with Crippen molar-refractivity contribution in [3.63, 3.8) is 0 Å². The largest absolute Gasteiger partial charge is 0.381 e. The van der Waals surface area contributed by atoms with E-state index in [1.807, 2.05) is 6.07 Å². The Morgan fingerprint density at radius 3 is 2.57 bits per heavy atom. The van der Waals surface area contributed by atoms with Crippen LogP contribution in [0.2, 0.25) is 0 Å². The van der Waals surface area contributed by atoms with Gasteiger partial charge in [-0.15, -0.1) is 0 Å². The molecule has 1 aromatic rings. The van der Waals surface area contributed by atoms with Gasteiger partial charge >= 0.3 is 0 Å². The second-order valence-electron chi connectivity index (χ2n) is 6.04. The minimum absolute atomic E-state index is 0.00856. The van der Waals surface area contributed by atoms with Gasteiger partial charge in [0.15, 0.2) is 0 Å². The molecular weight excluding hydrogens is 266 g/mol. The molecule has 2 aliphatic heterocycles. The first-order valence-electron chi connectivity index (χ1n) is 7.79. The summed E-state index contributed by atoms with van der Waals surface area (Å²) in [7, 11) is 0. The fourth-order valence-electron chi connectivity index (χ4n) is 3.26. The molecule has 114 valence electrons. The van der Waals surface area contributed by atoms with Crippen molar-refractivity contribution in [1.29, 1.82) is 0 Å². The SMILES string of the molecule is O=C(NCC1(c2ccccc2)CCOCC1)C1CCOC1. The third-order valence-corrected chi connectivity index (χ3v) is 4.74. The highest BCUT2D eigenvalue weighted by Gasteiger charge is 2.35. The van der Waals surface area contributed by atoms with E-state index < -0.39 is 0 Å². The zero-order valence-electron chi connectivity index (χ0n) is 12.3. The van der Waals surface area contributed by atoms with Gasteiger partial charge in [-0.25, -0.2) is 0 Å². The van der Waals surface area contributed by atoms with Gasteiger partial charge in [0.1, 0.15) is 0 Å². The van der Waals surface area contributed by atoms with Gasteiger partial charge in [0.25, 0.3) is 0 Å². The standard InChI is InChI=1S/C17H23NO3/c19-16(14-6-9-21-12-14)18-13-17(7-10-20-11-8-17)15-4-2-1-3-5-15/h1-5,14H,6-13H2,(H,18,19). The summed E-state index contributed by atoms with van der Waals surface area (Å²) < 4.78 is 10.8. The molecule has 0 aromatic heterocycles. The molecule has 0 aliphatic carbocycles. The summed E-state index contributed by atoms with van der Waals surface area (Å²) in [6.45, 7) is 3.48. The minimum atomic E-state index is 0.00856. The maximum absolute atomic E-state index is 12.2. The first-order valence-corrected chi connectivity index (χ1v) is 7.79. The van der Waals surface area contributed by atoms with E-state index in [1.165, 1.54) is 5.56 Å². The fourth-order valence-corrected chi connectivity index (χ4v) is 3.26. The van der Waals surface area contributed by atoms with E-state index in [0.29, 0.717) is 19.8 Å². The van der Waals surface area contributed by atoms with Crippen molar-refractivity contribution in [2.75, 3.05) is 33.0 Å². The predicted molar refractivity (Wildman–Crippen MR) is 80.1 cm³/mol. The number of carbonyl (C=O) groups is 1. The summed E-state index contributed by atoms with van der Waals surface area (Å²) in [5, 5.41) is 3.16. The molecule has 1 amide bonds. The first-order chi connectivity index (χ1) is 10.3. The smallest absolute Gasteiger partial charge is 0.225 e. The van der Waals surface area contributed by atoms with Gasteiger partial charge in [-0.05, 0) is 24.8 Å². The molecule has 2 aliphatic rings. The lowest BCUT2D eigenvalue weighted by Crippen LogP contribution is -2.46. The summed E-state index contributed by atoms with van der Waals surface area (Å²) >= 11 is 0. The van der Waals surface area contributed by atoms with Crippen LogP contribution in [0.15, 0.2) is 30.3 Å². The Bertz CT molecular complexity index is 462. The van der Waals surface area contributed by atoms with E-state index in [1.54, 1.807) is 0 Å². The Labute approximate surface area is 125 Å². The minimum Gasteiger partial charge on any atom is -0.381 e. The summed E-state index contributed by atoms with van der Waals surface area (Å²) in [6, 6.07) is 10.5. The molecule has 4 nitrogen and oxygen atoms in total. The first kappa shape index (κ1) is 14.5. The van der Waals surface area contributed by atoms with Crippen molar-refractivity contribution in [2.45, 2.75) is 24.7 Å². The van der Waals surface area contributed by atoms with Crippen LogP contribution >= 0.6 is 0 Å². The van der Waals surface area contributed by atoms with E-state index in [-0.39, 0.29) is 17.2 Å². The lowest BCUT2D eigenvalue weighted by Gasteiger charge is -2.38. The summed E-state index contributed by atoms with van der Waals surface area (Å²) in [4.78, 5) is 12.2. The van der Waals surface area contributed by atoms with Crippen LogP contribution in [0, 0.1) is 5.92 Å². The number of hydrogen-bond acceptors (Lipinski definition) is 3. The van der Waals surface area contributed by atoms with E-state index in [2.05, 4.69) is 29.6 Å². The highest BCUT2D eigenvalue weighted by Crippen LogP contribution is 2.34. The van der Waals surface area contributed by atoms with E-state index in [0.717, 1.165) is 32.5 Å². The second-order valence-corrected chi connectivity index (χ2v) is 6.04. The topological polar surface area (TPSA) is 47.6 Å². The molecule has 1 atom stereocenters. The van der Waals surface area contributed by atoms with Gasteiger partial charge in [0, 0.05) is 31.8 Å². The number of hydrogen-bond donors (Lipinski definition) is 1. The van der Waals surface area contributed by atoms with Gasteiger partial charge in [-0.2, -0.15) is 0 Å². The summed E-state index contributed by atoms with van der Waals surface area (Å²) in [5.41, 5.74) is 1.31. The number of benzene rings is 1. The Morgan fingerprint density at radius 1 is 1.14 bits per heavy atom. The maximum Gasteiger partial charge on any atom is 0.225 e. The molecule has 1 N–H and O–H groups in total. The molecule has 2 saturated heterocycles. The molecule has 21 heavy (non-hydrogen) atoms. The van der Waals surface area contributed by atoms with Crippen LogP contribution in [-0.4, -0.2) is 38.9 Å². The quantitative estimate of drug-likeness (QED) is 0.921. The Morgan fingerprint density at radius 2 is 1.90 bits per heavy atom. The zero-order valence-corrected chi connectivity index (χ0v) is 12.3. The van der Waals surface area contributed by atoms with Crippen molar-refractivity contribution in [2.24, 2.45) is 5.92 Å². The molecule has 0 spiro atoms. The van der Waals surface area contributed by atoms with E-state index >= 15 is 0 Å². The predicted octanol–water partition coefficient (Wildman–Crippen LogP) is 1.89. The van der Waals surface area contributed by atoms with Gasteiger partial charge in [0.2, 0.25) is 5.91 Å². The number of rotatable bonds is 4. The van der Waals surface area contributed by atoms with Crippen LogP contribution in [-0.2, 0) is 19.7 Å². The highest BCUT2D eigenvalue weighted by atomic mass is 16.5. The van der Waals surface area contributed by atoms with Gasteiger partial charge in [-0.1, -0.05) is 30.3 Å². The lowest BCUT2D eigenvalue weighted by molar-refractivity contribution is -0.125. The highest BCUT2D eigenvalue weighted by molar-refractivity contribution is 5.79. The Kier molecular flexibility index (Phi) is 4.56. The molecule has 2 heterocycles. The molecule has 2 fully saturated rings. The number of carbonyl (C=O) groups excluding carboxylic acids is 1. The summed E-state index contributed by atoms with van der Waals surface area (Å²) in [6.07, 6.45) is 2.75. The second kappa shape index (κ2) is 6.58. The third-order valence-electron chi connectivity index (χ3n) is 4.74. The molecule has 0 bridgehead atoms. The van der Waals surface area contributed by atoms with Crippen molar-refractivity contribution < 1.29 is 14.3 Å². The van der Waals surface area contributed by atoms with Crippen molar-refractivity contribution in [3.8, 4) is 0 Å².